The second-order valence-electron chi connectivity index (χ2n) is 13.5. The molecule has 11 heteroatoms. The Kier molecular flexibility index (Phi) is 10.6. The van der Waals surface area contributed by atoms with Gasteiger partial charge in [0.1, 0.15) is 11.5 Å². The lowest BCUT2D eigenvalue weighted by atomic mass is 9.88. The van der Waals surface area contributed by atoms with Gasteiger partial charge in [-0.25, -0.2) is 4.68 Å². The highest BCUT2D eigenvalue weighted by molar-refractivity contribution is 5.84. The van der Waals surface area contributed by atoms with Gasteiger partial charge in [-0.05, 0) is 86.6 Å². The Morgan fingerprint density at radius 1 is 0.736 bits per heavy atom. The number of hydrogen-bond donors (Lipinski definition) is 1. The van der Waals surface area contributed by atoms with Gasteiger partial charge in [0.25, 0.3) is 0 Å². The molecule has 7 rings (SSSR count). The Morgan fingerprint density at radius 2 is 1.32 bits per heavy atom. The van der Waals surface area contributed by atoms with Crippen molar-refractivity contribution in [1.82, 2.24) is 30.4 Å². The topological polar surface area (TPSA) is 77.3 Å². The van der Waals surface area contributed by atoms with E-state index >= 15 is 13.2 Å². The van der Waals surface area contributed by atoms with E-state index in [0.717, 1.165) is 40.9 Å². The Balaban J connectivity index is 1.38. The summed E-state index contributed by atoms with van der Waals surface area (Å²) in [5.74, 6) is 2.08. The summed E-state index contributed by atoms with van der Waals surface area (Å²) in [7, 11) is 3.20. The van der Waals surface area contributed by atoms with Crippen LogP contribution in [0.15, 0.2) is 109 Å². The molecule has 1 fully saturated rings. The molecule has 2 heterocycles. The third-order valence-corrected chi connectivity index (χ3v) is 9.81. The van der Waals surface area contributed by atoms with Gasteiger partial charge in [0, 0.05) is 44.2 Å². The minimum Gasteiger partial charge on any atom is -0.497 e. The monoisotopic (exact) mass is 718 g/mol. The van der Waals surface area contributed by atoms with Crippen molar-refractivity contribution in [3.05, 3.63) is 148 Å². The van der Waals surface area contributed by atoms with E-state index in [9.17, 15) is 0 Å². The van der Waals surface area contributed by atoms with Crippen molar-refractivity contribution in [2.75, 3.05) is 27.3 Å². The molecule has 272 valence electrons. The molecule has 1 aliphatic rings. The lowest BCUT2D eigenvalue weighted by molar-refractivity contribution is -0.138. The first kappa shape index (κ1) is 35.9. The SMILES string of the molecule is COc1ccc(CN(Cc2ccc(OC)cc2)Cc2c(C(F)(F)F)ccc(-c3ccc(C4CNC4)cc3)c2-c2nnnn2Cc2ccc(C)cc2)cc1. The first-order chi connectivity index (χ1) is 25.7. The zero-order valence-electron chi connectivity index (χ0n) is 29.9. The van der Waals surface area contributed by atoms with Crippen LogP contribution in [0.25, 0.3) is 22.5 Å². The predicted molar refractivity (Wildman–Crippen MR) is 199 cm³/mol. The first-order valence-corrected chi connectivity index (χ1v) is 17.5. The van der Waals surface area contributed by atoms with E-state index in [1.165, 1.54) is 11.6 Å². The van der Waals surface area contributed by atoms with Crippen LogP contribution < -0.4 is 14.8 Å². The zero-order valence-corrected chi connectivity index (χ0v) is 29.9. The lowest BCUT2D eigenvalue weighted by Gasteiger charge is -2.28. The summed E-state index contributed by atoms with van der Waals surface area (Å²) in [6.07, 6.45) is -4.65. The van der Waals surface area contributed by atoms with E-state index < -0.39 is 11.7 Å². The molecule has 8 nitrogen and oxygen atoms in total. The van der Waals surface area contributed by atoms with Crippen molar-refractivity contribution < 1.29 is 22.6 Å². The van der Waals surface area contributed by atoms with Crippen LogP contribution in [0.4, 0.5) is 13.2 Å². The molecule has 0 amide bonds. The van der Waals surface area contributed by atoms with Gasteiger partial charge in [-0.2, -0.15) is 13.2 Å². The van der Waals surface area contributed by atoms with Crippen LogP contribution in [0, 0.1) is 6.92 Å². The second kappa shape index (κ2) is 15.6. The average Bonchev–Trinajstić information content (AvgIpc) is 3.59. The Bertz CT molecular complexity index is 2080. The Morgan fingerprint density at radius 3 is 1.85 bits per heavy atom. The fraction of sp³-hybridized carbons (Fsp3) is 0.262. The number of rotatable bonds is 13. The number of tetrazole rings is 1. The summed E-state index contributed by atoms with van der Waals surface area (Å²) in [5, 5.41) is 16.1. The van der Waals surface area contributed by atoms with Crippen molar-refractivity contribution >= 4 is 0 Å². The Labute approximate surface area is 307 Å². The molecule has 1 aliphatic heterocycles. The van der Waals surface area contributed by atoms with Crippen molar-refractivity contribution in [3.63, 3.8) is 0 Å². The van der Waals surface area contributed by atoms with Gasteiger partial charge in [0.15, 0.2) is 5.82 Å². The molecular weight excluding hydrogens is 677 g/mol. The molecule has 1 N–H and O–H groups in total. The summed E-state index contributed by atoms with van der Waals surface area (Å²) in [5.41, 5.74) is 6.21. The van der Waals surface area contributed by atoms with Crippen molar-refractivity contribution in [2.45, 2.75) is 45.2 Å². The first-order valence-electron chi connectivity index (χ1n) is 17.5. The average molecular weight is 719 g/mol. The number of halogens is 3. The highest BCUT2D eigenvalue weighted by Gasteiger charge is 2.37. The van der Waals surface area contributed by atoms with Crippen LogP contribution in [0.1, 0.15) is 44.9 Å². The van der Waals surface area contributed by atoms with Crippen LogP contribution in [0.2, 0.25) is 0 Å². The molecule has 0 spiro atoms. The van der Waals surface area contributed by atoms with Crippen molar-refractivity contribution in [2.24, 2.45) is 0 Å². The minimum atomic E-state index is -4.65. The van der Waals surface area contributed by atoms with E-state index in [0.29, 0.717) is 41.6 Å². The number of ether oxygens (including phenoxy) is 2. The number of nitrogens with one attached hydrogen (secondary N) is 1. The van der Waals surface area contributed by atoms with Gasteiger partial charge in [-0.1, -0.05) is 84.4 Å². The molecule has 0 bridgehead atoms. The van der Waals surface area contributed by atoms with Gasteiger partial charge in [0.05, 0.1) is 26.3 Å². The van der Waals surface area contributed by atoms with Gasteiger partial charge < -0.3 is 14.8 Å². The molecule has 6 aromatic rings. The summed E-state index contributed by atoms with van der Waals surface area (Å²) in [6, 6.07) is 34.0. The zero-order chi connectivity index (χ0) is 37.0. The third kappa shape index (κ3) is 8.27. The van der Waals surface area contributed by atoms with Crippen molar-refractivity contribution in [3.8, 4) is 34.0 Å². The summed E-state index contributed by atoms with van der Waals surface area (Å²) in [6.45, 7) is 4.79. The Hall–Kier alpha value is -5.52. The molecule has 0 saturated carbocycles. The van der Waals surface area contributed by atoms with Gasteiger partial charge in [-0.15, -0.1) is 5.10 Å². The van der Waals surface area contributed by atoms with Crippen LogP contribution >= 0.6 is 0 Å². The minimum absolute atomic E-state index is 0.0424. The fourth-order valence-electron chi connectivity index (χ4n) is 6.76. The molecule has 0 aliphatic carbocycles. The van der Waals surface area contributed by atoms with Crippen LogP contribution in [0.5, 0.6) is 11.5 Å². The third-order valence-electron chi connectivity index (χ3n) is 9.81. The molecule has 1 aromatic heterocycles. The summed E-state index contributed by atoms with van der Waals surface area (Å²) >= 11 is 0. The molecule has 0 atom stereocenters. The number of alkyl halides is 3. The normalized spacial score (nSPS) is 13.3. The van der Waals surface area contributed by atoms with Crippen LogP contribution in [-0.4, -0.2) is 52.4 Å². The summed E-state index contributed by atoms with van der Waals surface area (Å²) in [4.78, 5) is 2.02. The lowest BCUT2D eigenvalue weighted by Crippen LogP contribution is -2.39. The second-order valence-corrected chi connectivity index (χ2v) is 13.5. The van der Waals surface area contributed by atoms with E-state index in [4.69, 9.17) is 9.47 Å². The van der Waals surface area contributed by atoms with E-state index in [1.807, 2.05) is 96.8 Å². The number of nitrogens with zero attached hydrogens (tertiary/aromatic N) is 5. The standard InChI is InChI=1S/C42H41F3N6O2/c1-28-4-6-31(7-5-28)26-51-41(47-48-49-51)40-37(33-14-12-32(13-15-33)34-22-46-23-34)20-21-39(42(43,44)45)38(40)27-50(24-29-8-16-35(52-2)17-9-29)25-30-10-18-36(53-3)19-11-30/h4-21,34,46H,22-27H2,1-3H3. The fourth-order valence-corrected chi connectivity index (χ4v) is 6.76. The molecule has 1 saturated heterocycles. The van der Waals surface area contributed by atoms with Crippen LogP contribution in [-0.2, 0) is 32.4 Å². The smallest absolute Gasteiger partial charge is 0.416 e. The predicted octanol–water partition coefficient (Wildman–Crippen LogP) is 8.29. The number of hydrogen-bond acceptors (Lipinski definition) is 7. The summed E-state index contributed by atoms with van der Waals surface area (Å²) < 4.78 is 58.0. The van der Waals surface area contributed by atoms with E-state index in [2.05, 4.69) is 33.0 Å². The van der Waals surface area contributed by atoms with Gasteiger partial charge in [0.2, 0.25) is 0 Å². The maximum Gasteiger partial charge on any atom is 0.416 e. The molecule has 5 aromatic carbocycles. The highest BCUT2D eigenvalue weighted by atomic mass is 19.4. The number of aromatic nitrogens is 4. The largest absolute Gasteiger partial charge is 0.497 e. The maximum atomic E-state index is 15.2. The molecular formula is C42H41F3N6O2. The van der Waals surface area contributed by atoms with E-state index in [-0.39, 0.29) is 24.5 Å². The van der Waals surface area contributed by atoms with E-state index in [1.54, 1.807) is 25.0 Å². The molecule has 0 radical (unpaired) electrons. The number of aryl methyl sites for hydroxylation is 1. The maximum absolute atomic E-state index is 15.2. The van der Waals surface area contributed by atoms with Crippen molar-refractivity contribution in [1.29, 1.82) is 0 Å². The van der Waals surface area contributed by atoms with Gasteiger partial charge >= 0.3 is 6.18 Å². The van der Waals surface area contributed by atoms with Gasteiger partial charge in [-0.3, -0.25) is 4.90 Å². The molecule has 53 heavy (non-hydrogen) atoms. The molecule has 0 unspecified atom stereocenters. The van der Waals surface area contributed by atoms with Crippen LogP contribution in [0.3, 0.4) is 0 Å². The number of methoxy groups -OCH3 is 2. The quantitative estimate of drug-likeness (QED) is 0.129. The number of benzene rings is 5. The highest BCUT2D eigenvalue weighted by Crippen LogP contribution is 2.43.